The molecule has 0 saturated heterocycles. The van der Waals surface area contributed by atoms with Crippen LogP contribution < -0.4 is 0 Å². The molecule has 0 amide bonds. The Hall–Kier alpha value is -4.90. The van der Waals surface area contributed by atoms with E-state index in [9.17, 15) is 0 Å². The Labute approximate surface area is 323 Å². The summed E-state index contributed by atoms with van der Waals surface area (Å²) in [6.45, 7) is 2.12. The van der Waals surface area contributed by atoms with Gasteiger partial charge in [-0.3, -0.25) is 9.36 Å². The molecule has 0 radical (unpaired) electrons. The van der Waals surface area contributed by atoms with Gasteiger partial charge in [0.15, 0.2) is 0 Å². The lowest BCUT2D eigenvalue weighted by molar-refractivity contribution is 0.572. The van der Waals surface area contributed by atoms with E-state index >= 15 is 0 Å². The first-order valence-electron chi connectivity index (χ1n) is 16.1. The molecule has 0 atom stereocenters. The Balaban J connectivity index is 1.12. The van der Waals surface area contributed by atoms with Crippen molar-refractivity contribution >= 4 is 53.4 Å². The van der Waals surface area contributed by atoms with Gasteiger partial charge in [0.25, 0.3) is 0 Å². The van der Waals surface area contributed by atoms with E-state index in [0.717, 1.165) is 52.4 Å². The van der Waals surface area contributed by atoms with Crippen LogP contribution >= 0.6 is 53.4 Å². The number of halogens is 2. The molecule has 4 aromatic carbocycles. The number of nitrogens with zero attached hydrogens (tertiary/aromatic N) is 12. The Morgan fingerprint density at radius 1 is 0.462 bits per heavy atom. The number of hydrogen-bond donors (Lipinski definition) is 0. The second-order valence-electron chi connectivity index (χ2n) is 11.7. The number of rotatable bonds is 13. The lowest BCUT2D eigenvalue weighted by atomic mass is 10.2. The predicted octanol–water partition coefficient (Wildman–Crippen LogP) is 7.90. The fourth-order valence-corrected chi connectivity index (χ4v) is 8.47. The van der Waals surface area contributed by atoms with Crippen LogP contribution in [0, 0.1) is 0 Å². The van der Waals surface area contributed by atoms with Gasteiger partial charge < -0.3 is 0 Å². The average molecular weight is 853 g/mol. The molecule has 0 N–H and O–H groups in total. The van der Waals surface area contributed by atoms with Gasteiger partial charge in [0.1, 0.15) is 10.1 Å². The topological polar surface area (TPSA) is 123 Å². The number of tetrazole rings is 2. The molecule has 0 spiro atoms. The third kappa shape index (κ3) is 8.09. The molecule has 52 heavy (non-hydrogen) atoms. The minimum Gasteiger partial charge on any atom is -0.253 e. The summed E-state index contributed by atoms with van der Waals surface area (Å²) in [7, 11) is 3.12. The van der Waals surface area contributed by atoms with Crippen molar-refractivity contribution in [1.29, 1.82) is 0 Å². The number of benzene rings is 4. The molecule has 0 aliphatic carbocycles. The normalized spacial score (nSPS) is 11.3. The first-order chi connectivity index (χ1) is 25.5. The fourth-order valence-electron chi connectivity index (χ4n) is 5.39. The van der Waals surface area contributed by atoms with Crippen LogP contribution in [-0.2, 0) is 26.2 Å². The molecule has 0 unspecified atom stereocenters. The molecule has 16 heteroatoms. The summed E-state index contributed by atoms with van der Waals surface area (Å²) in [6.07, 6.45) is 3.62. The third-order valence-corrected chi connectivity index (χ3v) is 11.5. The van der Waals surface area contributed by atoms with Crippen LogP contribution in [0.15, 0.2) is 141 Å². The molecule has 0 fully saturated rings. The molecular formula is C36H28Br2N12S2. The van der Waals surface area contributed by atoms with Crippen molar-refractivity contribution in [2.75, 3.05) is 0 Å². The van der Waals surface area contributed by atoms with Gasteiger partial charge in [0.05, 0.1) is 49.7 Å². The number of hydrogen-bond acceptors (Lipinski definition) is 10. The van der Waals surface area contributed by atoms with E-state index in [2.05, 4.69) is 76.7 Å². The van der Waals surface area contributed by atoms with Gasteiger partial charge in [-0.1, -0.05) is 117 Å². The second-order valence-corrected chi connectivity index (χ2v) is 15.7. The van der Waals surface area contributed by atoms with Gasteiger partial charge in [-0.15, -0.1) is 20.4 Å². The molecule has 0 saturated carbocycles. The molecule has 8 rings (SSSR count). The maximum absolute atomic E-state index is 4.81. The van der Waals surface area contributed by atoms with Gasteiger partial charge in [0.2, 0.25) is 11.6 Å². The van der Waals surface area contributed by atoms with Crippen LogP contribution in [0.1, 0.15) is 22.3 Å². The molecule has 0 aliphatic heterocycles. The molecule has 8 aromatic rings. The van der Waals surface area contributed by atoms with Crippen LogP contribution in [0.25, 0.3) is 22.8 Å². The number of aromatic nitrogens is 12. The van der Waals surface area contributed by atoms with E-state index in [4.69, 9.17) is 20.4 Å². The van der Waals surface area contributed by atoms with Crippen molar-refractivity contribution in [3.8, 4) is 22.8 Å². The molecule has 258 valence electrons. The summed E-state index contributed by atoms with van der Waals surface area (Å²) < 4.78 is 5.98. The van der Waals surface area contributed by atoms with E-state index < -0.39 is 0 Å². The maximum atomic E-state index is 4.81. The highest BCUT2D eigenvalue weighted by atomic mass is 79.9. The molecule has 4 heterocycles. The second kappa shape index (κ2) is 15.8. The summed E-state index contributed by atoms with van der Waals surface area (Å²) in [6, 6.07) is 36.6. The van der Waals surface area contributed by atoms with Crippen LogP contribution in [0.5, 0.6) is 0 Å². The van der Waals surface area contributed by atoms with Crippen LogP contribution in [0.3, 0.4) is 0 Å². The van der Waals surface area contributed by atoms with Crippen molar-refractivity contribution in [3.63, 3.8) is 0 Å². The van der Waals surface area contributed by atoms with E-state index in [1.807, 2.05) is 107 Å². The van der Waals surface area contributed by atoms with Crippen LogP contribution in [0.4, 0.5) is 0 Å². The zero-order valence-electron chi connectivity index (χ0n) is 27.3. The van der Waals surface area contributed by atoms with E-state index in [1.165, 1.54) is 0 Å². The molecule has 12 nitrogen and oxygen atoms in total. The molecule has 0 bridgehead atoms. The largest absolute Gasteiger partial charge is 0.253 e. The lowest BCUT2D eigenvalue weighted by Gasteiger charge is -2.11. The van der Waals surface area contributed by atoms with Crippen LogP contribution in [0.2, 0.25) is 0 Å². The third-order valence-electron chi connectivity index (χ3n) is 7.99. The minimum absolute atomic E-state index is 0.493. The smallest absolute Gasteiger partial charge is 0.209 e. The lowest BCUT2D eigenvalue weighted by Crippen LogP contribution is -2.05. The summed E-state index contributed by atoms with van der Waals surface area (Å²) in [5, 5.41) is 38.5. The van der Waals surface area contributed by atoms with Crippen LogP contribution in [-0.4, -0.2) is 60.0 Å². The van der Waals surface area contributed by atoms with Gasteiger partial charge in [0, 0.05) is 8.95 Å². The van der Waals surface area contributed by atoms with Crippen molar-refractivity contribution in [2.24, 2.45) is 0 Å². The quantitative estimate of drug-likeness (QED) is 0.106. The fraction of sp³-hybridized carbons (Fsp3) is 0.111. The molecule has 4 aromatic heterocycles. The Morgan fingerprint density at radius 2 is 0.846 bits per heavy atom. The van der Waals surface area contributed by atoms with Gasteiger partial charge in [-0.2, -0.15) is 19.8 Å². The minimum atomic E-state index is 0.493. The van der Waals surface area contributed by atoms with Gasteiger partial charge in [-0.05, 0) is 78.5 Å². The van der Waals surface area contributed by atoms with E-state index in [0.29, 0.717) is 37.8 Å². The monoisotopic (exact) mass is 850 g/mol. The maximum Gasteiger partial charge on any atom is 0.209 e. The van der Waals surface area contributed by atoms with Gasteiger partial charge >= 0.3 is 0 Å². The summed E-state index contributed by atoms with van der Waals surface area (Å²) in [4.78, 5) is 3.20. The Bertz CT molecular complexity index is 2220. The summed E-state index contributed by atoms with van der Waals surface area (Å²) in [5.41, 5.74) is 5.95. The molecular weight excluding hydrogens is 824 g/mol. The van der Waals surface area contributed by atoms with E-state index in [1.54, 1.807) is 31.2 Å². The first kappa shape index (κ1) is 34.2. The highest BCUT2D eigenvalue weighted by Crippen LogP contribution is 2.44. The van der Waals surface area contributed by atoms with Crippen molar-refractivity contribution in [1.82, 2.24) is 60.0 Å². The zero-order valence-corrected chi connectivity index (χ0v) is 32.1. The summed E-state index contributed by atoms with van der Waals surface area (Å²) >= 11 is 7.00. The zero-order chi connectivity index (χ0) is 35.3. The average Bonchev–Trinajstić information content (AvgIpc) is 3.98. The summed E-state index contributed by atoms with van der Waals surface area (Å²) in [5.74, 6) is 0.991. The Morgan fingerprint density at radius 3 is 1.25 bits per heavy atom. The van der Waals surface area contributed by atoms with Crippen molar-refractivity contribution in [2.45, 2.75) is 36.2 Å². The van der Waals surface area contributed by atoms with E-state index in [-0.39, 0.29) is 0 Å². The van der Waals surface area contributed by atoms with Crippen molar-refractivity contribution in [3.05, 3.63) is 153 Å². The first-order valence-corrected chi connectivity index (χ1v) is 19.9. The SMILES string of the molecule is Brc1ccc(Cn2nnc(-c3cnn(Cc4ccccc4)c3SSc3c(-c4nnn(Cc5ccc(Br)cc5)n4)cnn3Cc3ccccc3)n2)cc1. The molecule has 0 aliphatic rings. The van der Waals surface area contributed by atoms with Gasteiger partial charge in [-0.25, -0.2) is 0 Å². The highest BCUT2D eigenvalue weighted by Gasteiger charge is 2.23. The Kier molecular flexibility index (Phi) is 10.4. The highest BCUT2D eigenvalue weighted by molar-refractivity contribution is 9.10. The standard InChI is InChI=1S/C36H28Br2N12S2/c37-29-15-11-27(12-16-29)23-49-43-33(41-45-49)31-19-39-47(21-25-7-3-1-4-8-25)35(31)51-52-36-32(20-40-48(36)22-26-9-5-2-6-10-26)34-42-46-50(44-34)24-28-13-17-30(38)18-14-28/h1-20H,21-24H2. The van der Waals surface area contributed by atoms with Crippen molar-refractivity contribution < 1.29 is 0 Å². The predicted molar refractivity (Wildman–Crippen MR) is 207 cm³/mol.